The van der Waals surface area contributed by atoms with Crippen molar-refractivity contribution in [1.29, 1.82) is 0 Å². The van der Waals surface area contributed by atoms with Gasteiger partial charge in [-0.05, 0) is 0 Å². The van der Waals surface area contributed by atoms with Gasteiger partial charge in [0, 0.05) is 25.8 Å². The Morgan fingerprint density at radius 1 is 1.53 bits per heavy atom. The van der Waals surface area contributed by atoms with Gasteiger partial charge in [-0.1, -0.05) is 5.16 Å². The van der Waals surface area contributed by atoms with Crippen molar-refractivity contribution in [3.05, 3.63) is 11.7 Å². The number of aryl methyl sites for hydroxylation is 1. The van der Waals surface area contributed by atoms with E-state index in [1.54, 1.807) is 6.92 Å². The molecule has 1 rings (SSSR count). The third kappa shape index (κ3) is 4.59. The quantitative estimate of drug-likeness (QED) is 0.726. The minimum absolute atomic E-state index is 0.0800. The van der Waals surface area contributed by atoms with Gasteiger partial charge >= 0.3 is 0 Å². The molecule has 0 radical (unpaired) electrons. The predicted octanol–water partition coefficient (Wildman–Crippen LogP) is 0.0787. The first-order valence-corrected chi connectivity index (χ1v) is 6.54. The molecule has 0 saturated carbocycles. The smallest absolute Gasteiger partial charge is 0.223 e. The van der Waals surface area contributed by atoms with Crippen LogP contribution in [0.3, 0.4) is 0 Å². The number of sulfonamides is 1. The zero-order valence-electron chi connectivity index (χ0n) is 8.23. The number of rotatable bonds is 6. The number of hydrogen-bond donors (Lipinski definition) is 1. The lowest BCUT2D eigenvalue weighted by molar-refractivity contribution is 0.387. The molecule has 0 fully saturated rings. The molecule has 0 amide bonds. The molecular formula is C7H12ClN3O3S. The number of aromatic nitrogens is 2. The fourth-order valence-corrected chi connectivity index (χ4v) is 2.30. The minimum atomic E-state index is -3.26. The van der Waals surface area contributed by atoms with Gasteiger partial charge in [-0.2, -0.15) is 4.98 Å². The lowest BCUT2D eigenvalue weighted by atomic mass is 10.4. The summed E-state index contributed by atoms with van der Waals surface area (Å²) >= 11 is 5.33. The van der Waals surface area contributed by atoms with Crippen LogP contribution in [0.2, 0.25) is 0 Å². The Morgan fingerprint density at radius 2 is 2.27 bits per heavy atom. The van der Waals surface area contributed by atoms with Crippen molar-refractivity contribution in [2.24, 2.45) is 0 Å². The number of nitrogens with one attached hydrogen (secondary N) is 1. The Kier molecular flexibility index (Phi) is 4.49. The molecule has 15 heavy (non-hydrogen) atoms. The largest absolute Gasteiger partial charge is 0.340 e. The van der Waals surface area contributed by atoms with Gasteiger partial charge in [0.1, 0.15) is 0 Å². The molecule has 6 nitrogen and oxygen atoms in total. The SMILES string of the molecule is Cc1nc(CCNS(=O)(=O)CCCl)no1. The molecule has 0 aromatic carbocycles. The first-order valence-electron chi connectivity index (χ1n) is 4.36. The summed E-state index contributed by atoms with van der Waals surface area (Å²) in [6.07, 6.45) is 0.402. The summed E-state index contributed by atoms with van der Waals surface area (Å²) in [5.41, 5.74) is 0. The molecule has 1 aromatic rings. The number of hydrogen-bond acceptors (Lipinski definition) is 5. The van der Waals surface area contributed by atoms with Crippen LogP contribution in [-0.2, 0) is 16.4 Å². The number of nitrogens with zero attached hydrogens (tertiary/aromatic N) is 2. The van der Waals surface area contributed by atoms with Crippen LogP contribution in [0.15, 0.2) is 4.52 Å². The van der Waals surface area contributed by atoms with E-state index in [0.29, 0.717) is 18.1 Å². The molecule has 8 heteroatoms. The van der Waals surface area contributed by atoms with Crippen LogP contribution in [0.4, 0.5) is 0 Å². The summed E-state index contributed by atoms with van der Waals surface area (Å²) < 4.78 is 29.5. The van der Waals surface area contributed by atoms with Crippen LogP contribution in [-0.4, -0.2) is 36.7 Å². The average molecular weight is 254 g/mol. The summed E-state index contributed by atoms with van der Waals surface area (Å²) in [6, 6.07) is 0. The highest BCUT2D eigenvalue weighted by Crippen LogP contribution is 1.95. The third-order valence-corrected chi connectivity index (χ3v) is 3.38. The highest BCUT2D eigenvalue weighted by Gasteiger charge is 2.09. The lowest BCUT2D eigenvalue weighted by Gasteiger charge is -2.02. The molecule has 0 aliphatic heterocycles. The Hall–Kier alpha value is -0.660. The van der Waals surface area contributed by atoms with E-state index in [4.69, 9.17) is 16.1 Å². The van der Waals surface area contributed by atoms with Crippen LogP contribution in [0.5, 0.6) is 0 Å². The Bertz CT molecular complexity index is 403. The van der Waals surface area contributed by atoms with Crippen molar-refractivity contribution in [2.45, 2.75) is 13.3 Å². The van der Waals surface area contributed by atoms with E-state index in [9.17, 15) is 8.42 Å². The molecular weight excluding hydrogens is 242 g/mol. The van der Waals surface area contributed by atoms with Gasteiger partial charge in [0.2, 0.25) is 15.9 Å². The maximum atomic E-state index is 11.2. The highest BCUT2D eigenvalue weighted by atomic mass is 35.5. The topological polar surface area (TPSA) is 85.1 Å². The summed E-state index contributed by atoms with van der Waals surface area (Å²) in [4.78, 5) is 3.94. The van der Waals surface area contributed by atoms with E-state index in [2.05, 4.69) is 14.9 Å². The zero-order valence-corrected chi connectivity index (χ0v) is 9.81. The molecule has 86 valence electrons. The van der Waals surface area contributed by atoms with Crippen molar-refractivity contribution in [3.63, 3.8) is 0 Å². The second-order valence-corrected chi connectivity index (χ2v) is 5.19. The molecule has 1 aromatic heterocycles. The van der Waals surface area contributed by atoms with Gasteiger partial charge in [0.15, 0.2) is 5.82 Å². The van der Waals surface area contributed by atoms with E-state index < -0.39 is 10.0 Å². The Labute approximate surface area is 93.1 Å². The standard InChI is InChI=1S/C7H12ClN3O3S/c1-6-10-7(11-14-6)2-4-9-15(12,13)5-3-8/h9H,2-5H2,1H3. The third-order valence-electron chi connectivity index (χ3n) is 1.59. The van der Waals surface area contributed by atoms with Crippen LogP contribution in [0.25, 0.3) is 0 Å². The molecule has 1 heterocycles. The van der Waals surface area contributed by atoms with E-state index in [1.165, 1.54) is 0 Å². The molecule has 0 aliphatic carbocycles. The zero-order chi connectivity index (χ0) is 11.3. The monoisotopic (exact) mass is 253 g/mol. The van der Waals surface area contributed by atoms with Crippen molar-refractivity contribution >= 4 is 21.6 Å². The lowest BCUT2D eigenvalue weighted by Crippen LogP contribution is -2.29. The summed E-state index contributed by atoms with van der Waals surface area (Å²) in [5, 5.41) is 3.63. The second kappa shape index (κ2) is 5.43. The van der Waals surface area contributed by atoms with Crippen molar-refractivity contribution in [2.75, 3.05) is 18.2 Å². The summed E-state index contributed by atoms with van der Waals surface area (Å²) in [5.74, 6) is 0.950. The maximum Gasteiger partial charge on any atom is 0.223 e. The van der Waals surface area contributed by atoms with E-state index >= 15 is 0 Å². The molecule has 0 spiro atoms. The summed E-state index contributed by atoms with van der Waals surface area (Å²) in [6.45, 7) is 1.92. The van der Waals surface area contributed by atoms with E-state index in [0.717, 1.165) is 0 Å². The minimum Gasteiger partial charge on any atom is -0.340 e. The van der Waals surface area contributed by atoms with Gasteiger partial charge in [0.25, 0.3) is 0 Å². The highest BCUT2D eigenvalue weighted by molar-refractivity contribution is 7.89. The normalized spacial score (nSPS) is 11.9. The number of halogens is 1. The molecule has 1 N–H and O–H groups in total. The van der Waals surface area contributed by atoms with Crippen molar-refractivity contribution in [3.8, 4) is 0 Å². The second-order valence-electron chi connectivity index (χ2n) is 2.88. The first kappa shape index (κ1) is 12.4. The van der Waals surface area contributed by atoms with Crippen LogP contribution in [0.1, 0.15) is 11.7 Å². The molecule has 0 saturated heterocycles. The average Bonchev–Trinajstić information content (AvgIpc) is 2.51. The molecule has 0 unspecified atom stereocenters. The van der Waals surface area contributed by atoms with Crippen molar-refractivity contribution in [1.82, 2.24) is 14.9 Å². The molecule has 0 aliphatic rings. The Balaban J connectivity index is 2.33. The molecule has 0 bridgehead atoms. The van der Waals surface area contributed by atoms with Crippen molar-refractivity contribution < 1.29 is 12.9 Å². The maximum absolute atomic E-state index is 11.2. The summed E-state index contributed by atoms with van der Waals surface area (Å²) in [7, 11) is -3.26. The fourth-order valence-electron chi connectivity index (χ4n) is 0.935. The van der Waals surface area contributed by atoms with Crippen LogP contribution >= 0.6 is 11.6 Å². The van der Waals surface area contributed by atoms with Gasteiger partial charge in [-0.25, -0.2) is 13.1 Å². The molecule has 0 atom stereocenters. The van der Waals surface area contributed by atoms with Gasteiger partial charge in [-0.15, -0.1) is 11.6 Å². The number of alkyl halides is 1. The predicted molar refractivity (Wildman–Crippen MR) is 55.2 cm³/mol. The van der Waals surface area contributed by atoms with Gasteiger partial charge in [0.05, 0.1) is 5.75 Å². The fraction of sp³-hybridized carbons (Fsp3) is 0.714. The van der Waals surface area contributed by atoms with E-state index in [1.807, 2.05) is 0 Å². The Morgan fingerprint density at radius 3 is 2.80 bits per heavy atom. The van der Waals surface area contributed by atoms with Gasteiger partial charge in [-0.3, -0.25) is 0 Å². The van der Waals surface area contributed by atoms with Crippen LogP contribution in [0, 0.1) is 6.92 Å². The van der Waals surface area contributed by atoms with Crippen LogP contribution < -0.4 is 4.72 Å². The van der Waals surface area contributed by atoms with Gasteiger partial charge < -0.3 is 4.52 Å². The first-order chi connectivity index (χ1) is 7.03. The van der Waals surface area contributed by atoms with E-state index in [-0.39, 0.29) is 18.2 Å².